The number of aromatic nitrogens is 2. The van der Waals surface area contributed by atoms with Gasteiger partial charge in [0.15, 0.2) is 4.96 Å². The van der Waals surface area contributed by atoms with E-state index in [0.717, 1.165) is 15.9 Å². The van der Waals surface area contributed by atoms with Crippen LogP contribution in [0.25, 0.3) is 4.96 Å². The lowest BCUT2D eigenvalue weighted by atomic mass is 10.0. The van der Waals surface area contributed by atoms with Crippen LogP contribution in [0.3, 0.4) is 0 Å². The molecule has 2 atom stereocenters. The lowest BCUT2D eigenvalue weighted by molar-refractivity contribution is -0.137. The van der Waals surface area contributed by atoms with Crippen LogP contribution >= 0.6 is 11.3 Å². The van der Waals surface area contributed by atoms with Crippen molar-refractivity contribution in [2.24, 2.45) is 0 Å². The molecule has 1 aliphatic rings. The number of nitrogens with one attached hydrogen (secondary N) is 1. The number of amides is 3. The number of nitrogens with zero attached hydrogens (tertiary/aromatic N) is 3. The largest absolute Gasteiger partial charge is 0.439 e. The van der Waals surface area contributed by atoms with Crippen molar-refractivity contribution in [1.82, 2.24) is 19.6 Å². The summed E-state index contributed by atoms with van der Waals surface area (Å²) in [5, 5.41) is 4.39. The molecule has 0 aliphatic carbocycles. The highest BCUT2D eigenvalue weighted by Crippen LogP contribution is 2.37. The maximum Gasteiger partial charge on any atom is 0.419 e. The summed E-state index contributed by atoms with van der Waals surface area (Å²) in [6.07, 6.45) is -3.68. The zero-order valence-electron chi connectivity index (χ0n) is 15.3. The molecule has 1 fully saturated rings. The number of rotatable bonds is 3. The van der Waals surface area contributed by atoms with Crippen LogP contribution in [-0.4, -0.2) is 32.5 Å². The number of hydrogen-bond acceptors (Lipinski definition) is 5. The summed E-state index contributed by atoms with van der Waals surface area (Å²) in [4.78, 5) is 30.4. The molecule has 4 rings (SSSR count). The average molecular weight is 442 g/mol. The van der Waals surface area contributed by atoms with Gasteiger partial charge in [-0.2, -0.15) is 13.2 Å². The molecule has 0 radical (unpaired) electrons. The summed E-state index contributed by atoms with van der Waals surface area (Å²) in [6.45, 7) is 1.50. The first-order valence-electron chi connectivity index (χ1n) is 8.70. The van der Waals surface area contributed by atoms with E-state index in [2.05, 4.69) is 10.3 Å². The van der Waals surface area contributed by atoms with Crippen LogP contribution in [0.1, 0.15) is 29.8 Å². The minimum Gasteiger partial charge on any atom is -0.439 e. The van der Waals surface area contributed by atoms with Crippen LogP contribution in [0, 0.1) is 5.82 Å². The number of imide groups is 1. The molecule has 1 saturated heterocycles. The molecule has 1 N–H and O–H groups in total. The van der Waals surface area contributed by atoms with E-state index in [-0.39, 0.29) is 12.1 Å². The molecule has 0 saturated carbocycles. The predicted molar refractivity (Wildman–Crippen MR) is 97.2 cm³/mol. The molecule has 0 bridgehead atoms. The average Bonchev–Trinajstić information content (AvgIpc) is 3.34. The molecular weight excluding hydrogens is 428 g/mol. The molecular formula is C18H14F4N4O3S. The van der Waals surface area contributed by atoms with E-state index in [1.54, 1.807) is 16.8 Å². The number of ether oxygens (including phenoxy) is 1. The van der Waals surface area contributed by atoms with Gasteiger partial charge in [-0.05, 0) is 30.7 Å². The van der Waals surface area contributed by atoms with Crippen molar-refractivity contribution in [2.45, 2.75) is 31.8 Å². The fourth-order valence-electron chi connectivity index (χ4n) is 3.28. The van der Waals surface area contributed by atoms with Crippen molar-refractivity contribution in [2.75, 3.05) is 0 Å². The molecule has 0 unspecified atom stereocenters. The number of alkyl halides is 3. The van der Waals surface area contributed by atoms with Gasteiger partial charge >= 0.3 is 18.3 Å². The summed E-state index contributed by atoms with van der Waals surface area (Å²) < 4.78 is 59.5. The number of urea groups is 1. The van der Waals surface area contributed by atoms with E-state index in [0.29, 0.717) is 17.8 Å². The first kappa shape index (κ1) is 20.1. The van der Waals surface area contributed by atoms with E-state index in [1.807, 2.05) is 5.38 Å². The third kappa shape index (κ3) is 3.58. The van der Waals surface area contributed by atoms with Crippen molar-refractivity contribution >= 4 is 28.4 Å². The molecule has 2 aromatic heterocycles. The summed E-state index contributed by atoms with van der Waals surface area (Å²) in [5.74, 6) is -1.12. The number of cyclic esters (lactones) is 1. The van der Waals surface area contributed by atoms with Gasteiger partial charge in [-0.1, -0.05) is 0 Å². The van der Waals surface area contributed by atoms with Crippen molar-refractivity contribution in [3.05, 3.63) is 58.6 Å². The van der Waals surface area contributed by atoms with Crippen LogP contribution in [0.15, 0.2) is 36.0 Å². The molecule has 7 nitrogen and oxygen atoms in total. The van der Waals surface area contributed by atoms with Gasteiger partial charge in [0.1, 0.15) is 11.9 Å². The van der Waals surface area contributed by atoms with Crippen LogP contribution in [0.4, 0.5) is 27.2 Å². The Hall–Kier alpha value is -3.15. The molecule has 1 aliphatic heterocycles. The second-order valence-corrected chi connectivity index (χ2v) is 7.52. The zero-order valence-corrected chi connectivity index (χ0v) is 16.1. The number of benzene rings is 1. The number of halogens is 4. The van der Waals surface area contributed by atoms with E-state index in [1.165, 1.54) is 18.3 Å². The minimum absolute atomic E-state index is 0.0656. The Kier molecular flexibility index (Phi) is 4.88. The number of thiazole rings is 1. The van der Waals surface area contributed by atoms with Crippen molar-refractivity contribution in [3.8, 4) is 0 Å². The van der Waals surface area contributed by atoms with Gasteiger partial charge in [-0.15, -0.1) is 11.3 Å². The topological polar surface area (TPSA) is 75.9 Å². The molecule has 30 heavy (non-hydrogen) atoms. The smallest absolute Gasteiger partial charge is 0.419 e. The number of carbonyl (C=O) groups excluding carboxylic acids is 2. The summed E-state index contributed by atoms with van der Waals surface area (Å²) in [5.41, 5.74) is -0.713. The molecule has 0 spiro atoms. The third-order valence-electron chi connectivity index (χ3n) is 4.71. The fourth-order valence-corrected chi connectivity index (χ4v) is 3.99. The second kappa shape index (κ2) is 7.27. The van der Waals surface area contributed by atoms with Gasteiger partial charge in [0, 0.05) is 11.6 Å². The van der Waals surface area contributed by atoms with E-state index >= 15 is 0 Å². The fraction of sp³-hybridized carbons (Fsp3) is 0.278. The minimum atomic E-state index is -4.77. The van der Waals surface area contributed by atoms with Crippen LogP contribution in [0.5, 0.6) is 0 Å². The van der Waals surface area contributed by atoms with Crippen LogP contribution in [0.2, 0.25) is 0 Å². The van der Waals surface area contributed by atoms with Crippen LogP contribution in [-0.2, 0) is 17.5 Å². The maximum absolute atomic E-state index is 13.7. The highest BCUT2D eigenvalue weighted by molar-refractivity contribution is 7.15. The Bertz CT molecular complexity index is 1130. The summed E-state index contributed by atoms with van der Waals surface area (Å²) in [6, 6.07) is 0.176. The predicted octanol–water partition coefficient (Wildman–Crippen LogP) is 4.35. The Labute approximate surface area is 170 Å². The number of imidazole rings is 1. The van der Waals surface area contributed by atoms with Gasteiger partial charge in [0.2, 0.25) is 0 Å². The first-order valence-corrected chi connectivity index (χ1v) is 9.58. The van der Waals surface area contributed by atoms with E-state index < -0.39 is 41.8 Å². The highest BCUT2D eigenvalue weighted by Gasteiger charge is 2.44. The first-order chi connectivity index (χ1) is 14.1. The summed E-state index contributed by atoms with van der Waals surface area (Å²) in [7, 11) is 0. The summed E-state index contributed by atoms with van der Waals surface area (Å²) >= 11 is 1.41. The monoisotopic (exact) mass is 442 g/mol. The van der Waals surface area contributed by atoms with Crippen molar-refractivity contribution < 1.29 is 31.9 Å². The quantitative estimate of drug-likeness (QED) is 0.612. The lowest BCUT2D eigenvalue weighted by Crippen LogP contribution is -2.44. The zero-order chi connectivity index (χ0) is 21.6. The lowest BCUT2D eigenvalue weighted by Gasteiger charge is -2.20. The molecule has 158 valence electrons. The van der Waals surface area contributed by atoms with Gasteiger partial charge in [0.25, 0.3) is 0 Å². The van der Waals surface area contributed by atoms with Crippen LogP contribution < -0.4 is 5.32 Å². The van der Waals surface area contributed by atoms with Gasteiger partial charge < -0.3 is 10.1 Å². The van der Waals surface area contributed by atoms with Gasteiger partial charge in [-0.3, -0.25) is 4.40 Å². The maximum atomic E-state index is 13.7. The highest BCUT2D eigenvalue weighted by atomic mass is 32.1. The standard InChI is InChI=1S/C18H14F4N4O3S/c1-9-14(10-4-11(18(20,21)22)6-12(19)5-10)29-17(28)26(9)15(27)23-7-13-8-24-16-25(13)2-3-30-16/h2-6,8-9,14H,7H2,1H3,(H,23,27)/t9-,14-/m0/s1. The molecule has 3 amide bonds. The van der Waals surface area contributed by atoms with Gasteiger partial charge in [-0.25, -0.2) is 23.9 Å². The third-order valence-corrected chi connectivity index (χ3v) is 5.48. The number of hydrogen-bond donors (Lipinski definition) is 1. The van der Waals surface area contributed by atoms with E-state index in [4.69, 9.17) is 4.74 Å². The second-order valence-electron chi connectivity index (χ2n) is 6.65. The van der Waals surface area contributed by atoms with Crippen molar-refractivity contribution in [3.63, 3.8) is 0 Å². The number of carbonyl (C=O) groups is 2. The number of fused-ring (bicyclic) bond motifs is 1. The van der Waals surface area contributed by atoms with Crippen molar-refractivity contribution in [1.29, 1.82) is 0 Å². The Morgan fingerprint density at radius 1 is 1.33 bits per heavy atom. The molecule has 3 heterocycles. The Morgan fingerprint density at radius 2 is 2.10 bits per heavy atom. The molecule has 1 aromatic carbocycles. The normalized spacial score (nSPS) is 19.4. The van der Waals surface area contributed by atoms with E-state index in [9.17, 15) is 27.2 Å². The Balaban J connectivity index is 1.51. The SMILES string of the molecule is C[C@H]1[C@@H](c2cc(F)cc(C(F)(F)F)c2)OC(=O)N1C(=O)NCc1cnc2sccn12. The molecule has 12 heteroatoms. The molecule has 3 aromatic rings. The van der Waals surface area contributed by atoms with Gasteiger partial charge in [0.05, 0.1) is 30.0 Å². The Morgan fingerprint density at radius 3 is 2.83 bits per heavy atom.